The lowest BCUT2D eigenvalue weighted by atomic mass is 10.1. The molecule has 1 heterocycles. The van der Waals surface area contributed by atoms with Crippen molar-refractivity contribution >= 4 is 29.4 Å². The van der Waals surface area contributed by atoms with Crippen LogP contribution in [0.1, 0.15) is 21.5 Å². The van der Waals surface area contributed by atoms with E-state index in [-0.39, 0.29) is 5.91 Å². The predicted octanol–water partition coefficient (Wildman–Crippen LogP) is 5.04. The van der Waals surface area contributed by atoms with Crippen molar-refractivity contribution in [3.8, 4) is 0 Å². The number of nitrogens with one attached hydrogen (secondary N) is 1. The molecule has 0 spiro atoms. The zero-order valence-corrected chi connectivity index (χ0v) is 16.6. The second-order valence-electron chi connectivity index (χ2n) is 5.95. The topological polar surface area (TPSA) is 42.0 Å². The molecule has 27 heavy (non-hydrogen) atoms. The summed E-state index contributed by atoms with van der Waals surface area (Å²) in [4.78, 5) is 16.5. The van der Waals surface area contributed by atoms with Gasteiger partial charge in [0.1, 0.15) is 0 Å². The van der Waals surface area contributed by atoms with Gasteiger partial charge in [0.15, 0.2) is 0 Å². The summed E-state index contributed by atoms with van der Waals surface area (Å²) in [7, 11) is 0. The first-order valence-corrected chi connectivity index (χ1v) is 11.0. The molecule has 0 bridgehead atoms. The molecule has 0 fully saturated rings. The zero-order chi connectivity index (χ0) is 18.7. The molecule has 0 aliphatic heterocycles. The number of amides is 1. The van der Waals surface area contributed by atoms with Gasteiger partial charge in [-0.15, -0.1) is 11.8 Å². The van der Waals surface area contributed by atoms with Gasteiger partial charge in [0.05, 0.1) is 5.03 Å². The fourth-order valence-electron chi connectivity index (χ4n) is 2.47. The van der Waals surface area contributed by atoms with E-state index in [1.54, 1.807) is 18.0 Å². The third kappa shape index (κ3) is 6.77. The summed E-state index contributed by atoms with van der Waals surface area (Å²) < 4.78 is 0. The predicted molar refractivity (Wildman–Crippen MR) is 115 cm³/mol. The Morgan fingerprint density at radius 3 is 2.26 bits per heavy atom. The summed E-state index contributed by atoms with van der Waals surface area (Å²) >= 11 is 3.52. The van der Waals surface area contributed by atoms with E-state index < -0.39 is 0 Å². The molecule has 0 unspecified atom stereocenters. The number of carbonyl (C=O) groups excluding carboxylic acids is 1. The molecule has 1 amide bonds. The van der Waals surface area contributed by atoms with E-state index in [1.165, 1.54) is 11.1 Å². The summed E-state index contributed by atoms with van der Waals surface area (Å²) in [6.45, 7) is 0.620. The number of pyridine rings is 1. The molecule has 1 N–H and O–H groups in total. The minimum Gasteiger partial charge on any atom is -0.351 e. The molecular formula is C22H22N2OS2. The molecule has 0 aliphatic carbocycles. The van der Waals surface area contributed by atoms with Crippen LogP contribution < -0.4 is 5.32 Å². The first kappa shape index (κ1) is 19.5. The molecule has 1 aromatic heterocycles. The lowest BCUT2D eigenvalue weighted by Crippen LogP contribution is -2.25. The van der Waals surface area contributed by atoms with Gasteiger partial charge in [0, 0.05) is 35.6 Å². The Morgan fingerprint density at radius 2 is 1.56 bits per heavy atom. The largest absolute Gasteiger partial charge is 0.351 e. The summed E-state index contributed by atoms with van der Waals surface area (Å²) in [6.07, 6.45) is 1.78. The average molecular weight is 395 g/mol. The molecule has 2 aromatic carbocycles. The molecular weight excluding hydrogens is 372 g/mol. The molecule has 5 heteroatoms. The lowest BCUT2D eigenvalue weighted by molar-refractivity contribution is 0.0956. The Labute approximate surface area is 169 Å². The van der Waals surface area contributed by atoms with Gasteiger partial charge in [0.2, 0.25) is 0 Å². The van der Waals surface area contributed by atoms with Crippen molar-refractivity contribution in [2.24, 2.45) is 0 Å². The van der Waals surface area contributed by atoms with E-state index >= 15 is 0 Å². The Morgan fingerprint density at radius 1 is 0.852 bits per heavy atom. The van der Waals surface area contributed by atoms with Gasteiger partial charge in [-0.2, -0.15) is 11.8 Å². The zero-order valence-electron chi connectivity index (χ0n) is 15.0. The van der Waals surface area contributed by atoms with Crippen molar-refractivity contribution in [3.05, 3.63) is 95.7 Å². The molecule has 3 nitrogen and oxygen atoms in total. The van der Waals surface area contributed by atoms with Crippen molar-refractivity contribution in [1.29, 1.82) is 0 Å². The second-order valence-corrected chi connectivity index (χ2v) is 8.05. The summed E-state index contributed by atoms with van der Waals surface area (Å²) in [6, 6.07) is 24.2. The number of carbonyl (C=O) groups is 1. The molecule has 0 saturated heterocycles. The SMILES string of the molecule is O=C(NCCSc1ccccn1)c1ccc(CSCc2ccccc2)cc1. The maximum Gasteiger partial charge on any atom is 0.251 e. The smallest absolute Gasteiger partial charge is 0.251 e. The highest BCUT2D eigenvalue weighted by Gasteiger charge is 2.05. The average Bonchev–Trinajstić information content (AvgIpc) is 2.73. The van der Waals surface area contributed by atoms with Gasteiger partial charge in [-0.3, -0.25) is 4.79 Å². The van der Waals surface area contributed by atoms with E-state index in [1.807, 2.05) is 60.3 Å². The fraction of sp³-hybridized carbons (Fsp3) is 0.182. The van der Waals surface area contributed by atoms with Crippen LogP contribution >= 0.6 is 23.5 Å². The minimum absolute atomic E-state index is 0.0277. The summed E-state index contributed by atoms with van der Waals surface area (Å²) in [5.41, 5.74) is 3.27. The number of nitrogens with zero attached hydrogens (tertiary/aromatic N) is 1. The molecule has 3 aromatic rings. The van der Waals surface area contributed by atoms with Crippen LogP contribution in [0.3, 0.4) is 0 Å². The van der Waals surface area contributed by atoms with E-state index in [0.717, 1.165) is 22.3 Å². The molecule has 0 atom stereocenters. The monoisotopic (exact) mass is 394 g/mol. The van der Waals surface area contributed by atoms with Crippen LogP contribution in [0.4, 0.5) is 0 Å². The van der Waals surface area contributed by atoms with E-state index in [9.17, 15) is 4.79 Å². The second kappa shape index (κ2) is 10.8. The van der Waals surface area contributed by atoms with Gasteiger partial charge in [-0.05, 0) is 35.4 Å². The lowest BCUT2D eigenvalue weighted by Gasteiger charge is -2.07. The highest BCUT2D eigenvalue weighted by atomic mass is 32.2. The minimum atomic E-state index is -0.0277. The Balaban J connectivity index is 1.38. The van der Waals surface area contributed by atoms with Crippen LogP contribution in [-0.4, -0.2) is 23.2 Å². The normalized spacial score (nSPS) is 10.5. The Kier molecular flexibility index (Phi) is 7.81. The van der Waals surface area contributed by atoms with Crippen LogP contribution in [0.2, 0.25) is 0 Å². The Hall–Kier alpha value is -2.24. The first-order chi connectivity index (χ1) is 13.3. The number of rotatable bonds is 9. The van der Waals surface area contributed by atoms with Gasteiger partial charge in [0.25, 0.3) is 5.91 Å². The number of thioether (sulfide) groups is 2. The maximum absolute atomic E-state index is 12.2. The number of aromatic nitrogens is 1. The van der Waals surface area contributed by atoms with Gasteiger partial charge >= 0.3 is 0 Å². The van der Waals surface area contributed by atoms with Crippen LogP contribution in [-0.2, 0) is 11.5 Å². The van der Waals surface area contributed by atoms with E-state index in [4.69, 9.17) is 0 Å². The maximum atomic E-state index is 12.2. The third-order valence-electron chi connectivity index (χ3n) is 3.87. The van der Waals surface area contributed by atoms with Crippen molar-refractivity contribution in [1.82, 2.24) is 10.3 Å². The van der Waals surface area contributed by atoms with E-state index in [0.29, 0.717) is 12.1 Å². The van der Waals surface area contributed by atoms with Crippen molar-refractivity contribution in [2.75, 3.05) is 12.3 Å². The summed E-state index contributed by atoms with van der Waals surface area (Å²) in [5.74, 6) is 2.71. The highest BCUT2D eigenvalue weighted by molar-refractivity contribution is 7.99. The molecule has 0 radical (unpaired) electrons. The summed E-state index contributed by atoms with van der Waals surface area (Å²) in [5, 5.41) is 3.94. The first-order valence-electron chi connectivity index (χ1n) is 8.84. The third-order valence-corrected chi connectivity index (χ3v) is 5.89. The standard InChI is InChI=1S/C22H22N2OS2/c25-22(24-14-15-27-21-8-4-5-13-23-21)20-11-9-19(10-12-20)17-26-16-18-6-2-1-3-7-18/h1-13H,14-17H2,(H,24,25). The van der Waals surface area contributed by atoms with Crippen molar-refractivity contribution in [3.63, 3.8) is 0 Å². The van der Waals surface area contributed by atoms with Crippen molar-refractivity contribution < 1.29 is 4.79 Å². The van der Waals surface area contributed by atoms with Gasteiger partial charge in [-0.25, -0.2) is 4.98 Å². The van der Waals surface area contributed by atoms with Gasteiger partial charge in [-0.1, -0.05) is 48.5 Å². The number of benzene rings is 2. The van der Waals surface area contributed by atoms with Crippen LogP contribution in [0, 0.1) is 0 Å². The van der Waals surface area contributed by atoms with Crippen LogP contribution in [0.5, 0.6) is 0 Å². The number of hydrogen-bond donors (Lipinski definition) is 1. The Bertz CT molecular complexity index is 824. The van der Waals surface area contributed by atoms with Gasteiger partial charge < -0.3 is 5.32 Å². The molecule has 138 valence electrons. The van der Waals surface area contributed by atoms with E-state index in [2.05, 4.69) is 34.6 Å². The quantitative estimate of drug-likeness (QED) is 0.408. The van der Waals surface area contributed by atoms with Crippen LogP contribution in [0.25, 0.3) is 0 Å². The molecule has 0 saturated carbocycles. The fourth-order valence-corrected chi connectivity index (χ4v) is 4.15. The molecule has 0 aliphatic rings. The van der Waals surface area contributed by atoms with Crippen molar-refractivity contribution in [2.45, 2.75) is 16.5 Å². The highest BCUT2D eigenvalue weighted by Crippen LogP contribution is 2.18. The van der Waals surface area contributed by atoms with Crippen LogP contribution in [0.15, 0.2) is 84.0 Å². The number of hydrogen-bond acceptors (Lipinski definition) is 4. The molecule has 3 rings (SSSR count).